The van der Waals surface area contributed by atoms with E-state index in [0.29, 0.717) is 11.3 Å². The smallest absolute Gasteiger partial charge is 0.184 e. The van der Waals surface area contributed by atoms with Crippen LogP contribution in [0.1, 0.15) is 12.5 Å². The monoisotopic (exact) mass is 241 g/mol. The van der Waals surface area contributed by atoms with E-state index in [1.165, 1.54) is 0 Å². The van der Waals surface area contributed by atoms with Crippen LogP contribution >= 0.6 is 12.2 Å². The van der Waals surface area contributed by atoms with E-state index in [1.807, 2.05) is 6.07 Å². The molecule has 16 heavy (non-hydrogen) atoms. The summed E-state index contributed by atoms with van der Waals surface area (Å²) in [7, 11) is 1.00. The van der Waals surface area contributed by atoms with Crippen LogP contribution in [0.3, 0.4) is 0 Å². The molecule has 0 unspecified atom stereocenters. The first-order valence-corrected chi connectivity index (χ1v) is 4.85. The van der Waals surface area contributed by atoms with E-state index >= 15 is 0 Å². The Labute approximate surface area is 99.6 Å². The zero-order valence-electron chi connectivity index (χ0n) is 9.14. The summed E-state index contributed by atoms with van der Waals surface area (Å²) in [5, 5.41) is 20.5. The predicted molar refractivity (Wildman–Crippen MR) is 68.4 cm³/mol. The number of para-hydroxylation sites is 1. The molecule has 0 atom stereocenters. The number of thiocarbonyl (C=S) groups is 1. The second-order valence-corrected chi connectivity index (χ2v) is 3.13. The lowest BCUT2D eigenvalue weighted by Gasteiger charge is -2.03. The topological polar surface area (TPSA) is 90.9 Å². The number of aromatic hydroxyl groups is 1. The van der Waals surface area contributed by atoms with Crippen molar-refractivity contribution < 1.29 is 10.2 Å². The first-order chi connectivity index (χ1) is 7.61. The number of hydrogen-bond acceptors (Lipinski definition) is 4. The first-order valence-electron chi connectivity index (χ1n) is 4.44. The maximum absolute atomic E-state index is 9.47. The molecular weight excluding hydrogens is 226 g/mol. The van der Waals surface area contributed by atoms with Crippen molar-refractivity contribution in [3.05, 3.63) is 29.8 Å². The summed E-state index contributed by atoms with van der Waals surface area (Å²) >= 11 is 4.59. The summed E-state index contributed by atoms with van der Waals surface area (Å²) in [6, 6.07) is 6.91. The summed E-state index contributed by atoms with van der Waals surface area (Å²) in [6.07, 6.45) is 0. The molecule has 1 rings (SSSR count). The zero-order chi connectivity index (χ0) is 12.6. The largest absolute Gasteiger partial charge is 0.507 e. The number of hydrogen-bond donors (Lipinski definition) is 4. The van der Waals surface area contributed by atoms with Gasteiger partial charge >= 0.3 is 0 Å². The van der Waals surface area contributed by atoms with E-state index in [9.17, 15) is 5.11 Å². The molecule has 0 amide bonds. The molecule has 5 N–H and O–H groups in total. The number of phenols is 1. The Balaban J connectivity index is 0.00000106. The van der Waals surface area contributed by atoms with Crippen molar-refractivity contribution in [2.75, 3.05) is 7.11 Å². The number of nitrogens with two attached hydrogens (primary N) is 1. The van der Waals surface area contributed by atoms with E-state index in [1.54, 1.807) is 25.1 Å². The second kappa shape index (κ2) is 7.61. The molecule has 0 saturated heterocycles. The van der Waals surface area contributed by atoms with Crippen LogP contribution in [0.15, 0.2) is 29.4 Å². The van der Waals surface area contributed by atoms with Gasteiger partial charge in [0.1, 0.15) is 5.75 Å². The van der Waals surface area contributed by atoms with Crippen molar-refractivity contribution in [1.82, 2.24) is 5.43 Å². The van der Waals surface area contributed by atoms with Crippen LogP contribution in [0.2, 0.25) is 0 Å². The van der Waals surface area contributed by atoms with Crippen molar-refractivity contribution in [2.45, 2.75) is 6.92 Å². The third kappa shape index (κ3) is 4.72. The lowest BCUT2D eigenvalue weighted by molar-refractivity contribution is 0.399. The summed E-state index contributed by atoms with van der Waals surface area (Å²) in [5.41, 5.74) is 8.94. The van der Waals surface area contributed by atoms with Gasteiger partial charge in [-0.05, 0) is 31.3 Å². The van der Waals surface area contributed by atoms with Crippen LogP contribution in [-0.4, -0.2) is 28.1 Å². The molecule has 0 spiro atoms. The molecule has 0 saturated carbocycles. The maximum atomic E-state index is 9.47. The molecule has 0 heterocycles. The molecule has 5 nitrogen and oxygen atoms in total. The third-order valence-electron chi connectivity index (χ3n) is 1.63. The molecule has 6 heteroatoms. The standard InChI is InChI=1S/C9H11N3OS.CH4O/c1-6(11-12-9(10)14)7-4-2-3-5-8(7)13;1-2/h2-5,13H,1H3,(H3,10,12,14);2H,1H3/b11-6+;. The van der Waals surface area contributed by atoms with E-state index in [4.69, 9.17) is 10.8 Å². The Kier molecular flexibility index (Phi) is 6.82. The van der Waals surface area contributed by atoms with Gasteiger partial charge in [-0.1, -0.05) is 12.1 Å². The highest BCUT2D eigenvalue weighted by atomic mass is 32.1. The highest BCUT2D eigenvalue weighted by molar-refractivity contribution is 7.80. The Morgan fingerprint density at radius 1 is 1.38 bits per heavy atom. The molecule has 1 aromatic rings. The lowest BCUT2D eigenvalue weighted by Crippen LogP contribution is -2.25. The third-order valence-corrected chi connectivity index (χ3v) is 1.72. The zero-order valence-corrected chi connectivity index (χ0v) is 9.95. The number of phenolic OH excluding ortho intramolecular Hbond substituents is 1. The van der Waals surface area contributed by atoms with E-state index in [2.05, 4.69) is 22.7 Å². The summed E-state index contributed by atoms with van der Waals surface area (Å²) in [5.74, 6) is 0.179. The average Bonchev–Trinajstić information content (AvgIpc) is 2.29. The minimum absolute atomic E-state index is 0.0970. The molecule has 0 radical (unpaired) electrons. The van der Waals surface area contributed by atoms with Gasteiger partial charge in [-0.25, -0.2) is 0 Å². The Morgan fingerprint density at radius 2 is 1.94 bits per heavy atom. The summed E-state index contributed by atoms with van der Waals surface area (Å²) < 4.78 is 0. The molecule has 0 aromatic heterocycles. The van der Waals surface area contributed by atoms with Crippen LogP contribution in [0, 0.1) is 0 Å². The number of aliphatic hydroxyl groups is 1. The van der Waals surface area contributed by atoms with Gasteiger partial charge in [-0.2, -0.15) is 5.10 Å². The Hall–Kier alpha value is -1.66. The van der Waals surface area contributed by atoms with Gasteiger partial charge in [-0.15, -0.1) is 0 Å². The fourth-order valence-corrected chi connectivity index (χ4v) is 1.02. The Morgan fingerprint density at radius 3 is 2.44 bits per heavy atom. The number of aliphatic hydroxyl groups excluding tert-OH is 1. The SMILES string of the molecule is C/C(=N\NC(N)=S)c1ccccc1O.CO. The maximum Gasteiger partial charge on any atom is 0.184 e. The Bertz CT molecular complexity index is 380. The fraction of sp³-hybridized carbons (Fsp3) is 0.200. The van der Waals surface area contributed by atoms with Gasteiger partial charge in [0, 0.05) is 12.7 Å². The molecular formula is C10H15N3O2S. The van der Waals surface area contributed by atoms with Crippen molar-refractivity contribution in [3.63, 3.8) is 0 Å². The quantitative estimate of drug-likeness (QED) is 0.345. The van der Waals surface area contributed by atoms with E-state index < -0.39 is 0 Å². The van der Waals surface area contributed by atoms with Crippen molar-refractivity contribution in [1.29, 1.82) is 0 Å². The summed E-state index contributed by atoms with van der Waals surface area (Å²) in [4.78, 5) is 0. The predicted octanol–water partition coefficient (Wildman–Crippen LogP) is 0.558. The van der Waals surface area contributed by atoms with E-state index in [-0.39, 0.29) is 10.9 Å². The van der Waals surface area contributed by atoms with Crippen LogP contribution in [-0.2, 0) is 0 Å². The number of nitrogens with one attached hydrogen (secondary N) is 1. The van der Waals surface area contributed by atoms with Crippen LogP contribution in [0.5, 0.6) is 5.75 Å². The molecule has 0 bridgehead atoms. The number of benzene rings is 1. The minimum atomic E-state index is 0.0970. The lowest BCUT2D eigenvalue weighted by atomic mass is 10.1. The van der Waals surface area contributed by atoms with Crippen LogP contribution in [0.4, 0.5) is 0 Å². The number of nitrogens with zero attached hydrogens (tertiary/aromatic N) is 1. The molecule has 0 aliphatic carbocycles. The van der Waals surface area contributed by atoms with Gasteiger partial charge in [0.15, 0.2) is 5.11 Å². The second-order valence-electron chi connectivity index (χ2n) is 2.69. The number of hydrazone groups is 1. The minimum Gasteiger partial charge on any atom is -0.507 e. The fourth-order valence-electron chi connectivity index (χ4n) is 0.979. The molecule has 1 aromatic carbocycles. The molecule has 0 aliphatic rings. The van der Waals surface area contributed by atoms with Gasteiger partial charge in [0.2, 0.25) is 0 Å². The van der Waals surface area contributed by atoms with Gasteiger partial charge in [0.25, 0.3) is 0 Å². The van der Waals surface area contributed by atoms with Crippen molar-refractivity contribution >= 4 is 23.0 Å². The van der Waals surface area contributed by atoms with Gasteiger partial charge in [-0.3, -0.25) is 5.43 Å². The first kappa shape index (κ1) is 14.3. The van der Waals surface area contributed by atoms with Crippen molar-refractivity contribution in [2.24, 2.45) is 10.8 Å². The molecule has 0 aliphatic heterocycles. The normalized spacial score (nSPS) is 10.1. The molecule has 0 fully saturated rings. The number of rotatable bonds is 2. The van der Waals surface area contributed by atoms with Crippen molar-refractivity contribution in [3.8, 4) is 5.75 Å². The highest BCUT2D eigenvalue weighted by Crippen LogP contribution is 2.15. The average molecular weight is 241 g/mol. The van der Waals surface area contributed by atoms with Crippen LogP contribution < -0.4 is 11.2 Å². The molecule has 88 valence electrons. The van der Waals surface area contributed by atoms with Crippen LogP contribution in [0.25, 0.3) is 0 Å². The highest BCUT2D eigenvalue weighted by Gasteiger charge is 2.02. The van der Waals surface area contributed by atoms with Gasteiger partial charge in [0.05, 0.1) is 5.71 Å². The van der Waals surface area contributed by atoms with Gasteiger partial charge < -0.3 is 15.9 Å². The summed E-state index contributed by atoms with van der Waals surface area (Å²) in [6.45, 7) is 1.75. The van der Waals surface area contributed by atoms with E-state index in [0.717, 1.165) is 7.11 Å².